The quantitative estimate of drug-likeness (QED) is 0.710. The lowest BCUT2D eigenvalue weighted by Gasteiger charge is -2.22. The number of rotatable bonds is 9. The van der Waals surface area contributed by atoms with Crippen molar-refractivity contribution in [2.24, 2.45) is 0 Å². The molecular formula is C20H26N2O4S. The topological polar surface area (TPSA) is 75.7 Å². The van der Waals surface area contributed by atoms with Crippen molar-refractivity contribution >= 4 is 27.3 Å². The molecular weight excluding hydrogens is 364 g/mol. The second-order valence-corrected chi connectivity index (χ2v) is 8.16. The maximum atomic E-state index is 12.3. The molecule has 0 spiro atoms. The number of carbonyl (C=O) groups excluding carboxylic acids is 1. The molecule has 0 aliphatic heterocycles. The number of aryl methyl sites for hydroxylation is 1. The summed E-state index contributed by atoms with van der Waals surface area (Å²) in [4.78, 5) is 12.3. The lowest BCUT2D eigenvalue weighted by molar-refractivity contribution is -0.116. The van der Waals surface area contributed by atoms with Gasteiger partial charge in [-0.1, -0.05) is 24.3 Å². The van der Waals surface area contributed by atoms with E-state index in [2.05, 4.69) is 5.32 Å². The summed E-state index contributed by atoms with van der Waals surface area (Å²) >= 11 is 0. The van der Waals surface area contributed by atoms with E-state index in [9.17, 15) is 13.2 Å². The van der Waals surface area contributed by atoms with Crippen LogP contribution in [0.2, 0.25) is 0 Å². The first-order valence-corrected chi connectivity index (χ1v) is 10.7. The number of amides is 1. The van der Waals surface area contributed by atoms with E-state index >= 15 is 0 Å². The third kappa shape index (κ3) is 6.29. The molecule has 0 fully saturated rings. The molecule has 0 aliphatic carbocycles. The van der Waals surface area contributed by atoms with Gasteiger partial charge in [0.1, 0.15) is 5.75 Å². The van der Waals surface area contributed by atoms with E-state index in [0.29, 0.717) is 30.2 Å². The van der Waals surface area contributed by atoms with Crippen LogP contribution in [0.1, 0.15) is 25.3 Å². The fraction of sp³-hybridized carbons (Fsp3) is 0.350. The zero-order valence-corrected chi connectivity index (χ0v) is 16.8. The van der Waals surface area contributed by atoms with Crippen LogP contribution < -0.4 is 14.4 Å². The van der Waals surface area contributed by atoms with Gasteiger partial charge in [-0.15, -0.1) is 0 Å². The van der Waals surface area contributed by atoms with E-state index in [1.807, 2.05) is 44.2 Å². The van der Waals surface area contributed by atoms with Crippen molar-refractivity contribution in [3.8, 4) is 5.75 Å². The zero-order valence-electron chi connectivity index (χ0n) is 15.9. The fourth-order valence-corrected chi connectivity index (χ4v) is 3.67. The monoisotopic (exact) mass is 390 g/mol. The van der Waals surface area contributed by atoms with Crippen LogP contribution in [-0.2, 0) is 14.8 Å². The zero-order chi connectivity index (χ0) is 19.9. The number of nitrogens with zero attached hydrogens (tertiary/aromatic N) is 1. The fourth-order valence-electron chi connectivity index (χ4n) is 2.72. The number of hydrogen-bond acceptors (Lipinski definition) is 4. The molecule has 6 nitrogen and oxygen atoms in total. The van der Waals surface area contributed by atoms with Crippen molar-refractivity contribution in [1.29, 1.82) is 0 Å². The van der Waals surface area contributed by atoms with Gasteiger partial charge in [0.25, 0.3) is 0 Å². The number of hydrogen-bond donors (Lipinski definition) is 1. The Morgan fingerprint density at radius 3 is 2.56 bits per heavy atom. The molecule has 2 aromatic carbocycles. The largest absolute Gasteiger partial charge is 0.492 e. The van der Waals surface area contributed by atoms with Crippen molar-refractivity contribution < 1.29 is 17.9 Å². The van der Waals surface area contributed by atoms with Crippen molar-refractivity contribution in [1.82, 2.24) is 0 Å². The standard InChI is InChI=1S/C20H26N2O4S/c1-4-26-19-12-6-5-11-18(19)21-20(23)13-8-14-22(27(3,24)25)17-10-7-9-16(2)15-17/h5-7,9-12,15H,4,8,13-14H2,1-3H3,(H,21,23). The summed E-state index contributed by atoms with van der Waals surface area (Å²) in [6.07, 6.45) is 1.79. The Balaban J connectivity index is 1.98. The Kier molecular flexibility index (Phi) is 7.24. The van der Waals surface area contributed by atoms with Gasteiger partial charge in [0.2, 0.25) is 15.9 Å². The van der Waals surface area contributed by atoms with Crippen LogP contribution in [0.15, 0.2) is 48.5 Å². The van der Waals surface area contributed by atoms with Crippen LogP contribution in [0.4, 0.5) is 11.4 Å². The second kappa shape index (κ2) is 9.41. The number of nitrogens with one attached hydrogen (secondary N) is 1. The summed E-state index contributed by atoms with van der Waals surface area (Å²) in [6.45, 7) is 4.53. The number of para-hydroxylation sites is 2. The molecule has 27 heavy (non-hydrogen) atoms. The highest BCUT2D eigenvalue weighted by Crippen LogP contribution is 2.24. The molecule has 0 aromatic heterocycles. The van der Waals surface area contributed by atoms with Gasteiger partial charge < -0.3 is 10.1 Å². The summed E-state index contributed by atoms with van der Waals surface area (Å²) in [5.74, 6) is 0.436. The minimum absolute atomic E-state index is 0.181. The Labute approximate surface area is 161 Å². The van der Waals surface area contributed by atoms with Crippen LogP contribution in [0.25, 0.3) is 0 Å². The minimum atomic E-state index is -3.42. The molecule has 0 saturated carbocycles. The minimum Gasteiger partial charge on any atom is -0.492 e. The Morgan fingerprint density at radius 2 is 1.89 bits per heavy atom. The first-order chi connectivity index (χ1) is 12.8. The predicted octanol–water partition coefficient (Wildman–Crippen LogP) is 3.58. The number of anilines is 2. The number of ether oxygens (including phenoxy) is 1. The molecule has 7 heteroatoms. The number of benzene rings is 2. The molecule has 2 aromatic rings. The molecule has 0 bridgehead atoms. The highest BCUT2D eigenvalue weighted by molar-refractivity contribution is 7.92. The van der Waals surface area contributed by atoms with E-state index < -0.39 is 10.0 Å². The lowest BCUT2D eigenvalue weighted by atomic mass is 10.2. The van der Waals surface area contributed by atoms with Crippen LogP contribution in [-0.4, -0.2) is 33.7 Å². The van der Waals surface area contributed by atoms with E-state index in [4.69, 9.17) is 4.74 Å². The van der Waals surface area contributed by atoms with Gasteiger partial charge >= 0.3 is 0 Å². The highest BCUT2D eigenvalue weighted by atomic mass is 32.2. The van der Waals surface area contributed by atoms with Crippen molar-refractivity contribution in [2.45, 2.75) is 26.7 Å². The molecule has 1 amide bonds. The van der Waals surface area contributed by atoms with Gasteiger partial charge in [0, 0.05) is 13.0 Å². The third-order valence-electron chi connectivity index (χ3n) is 3.92. The van der Waals surface area contributed by atoms with Crippen molar-refractivity contribution in [3.05, 3.63) is 54.1 Å². The van der Waals surface area contributed by atoms with Gasteiger partial charge in [0.05, 0.1) is 24.2 Å². The normalized spacial score (nSPS) is 11.1. The van der Waals surface area contributed by atoms with Gasteiger partial charge in [0.15, 0.2) is 0 Å². The summed E-state index contributed by atoms with van der Waals surface area (Å²) in [7, 11) is -3.42. The number of carbonyl (C=O) groups is 1. The summed E-state index contributed by atoms with van der Waals surface area (Å²) < 4.78 is 31.1. The lowest BCUT2D eigenvalue weighted by Crippen LogP contribution is -2.31. The van der Waals surface area contributed by atoms with Crippen LogP contribution >= 0.6 is 0 Å². The maximum absolute atomic E-state index is 12.3. The Hall–Kier alpha value is -2.54. The van der Waals surface area contributed by atoms with E-state index in [1.54, 1.807) is 18.2 Å². The summed E-state index contributed by atoms with van der Waals surface area (Å²) in [5.41, 5.74) is 2.20. The molecule has 0 heterocycles. The van der Waals surface area contributed by atoms with E-state index in [0.717, 1.165) is 5.56 Å². The van der Waals surface area contributed by atoms with Crippen molar-refractivity contribution in [3.63, 3.8) is 0 Å². The van der Waals surface area contributed by atoms with Crippen LogP contribution in [0, 0.1) is 6.92 Å². The molecule has 0 unspecified atom stereocenters. The SMILES string of the molecule is CCOc1ccccc1NC(=O)CCCN(c1cccc(C)c1)S(C)(=O)=O. The summed E-state index contributed by atoms with van der Waals surface area (Å²) in [6, 6.07) is 14.5. The Morgan fingerprint density at radius 1 is 1.15 bits per heavy atom. The molecule has 146 valence electrons. The molecule has 0 saturated heterocycles. The molecule has 0 radical (unpaired) electrons. The Bertz CT molecular complexity index is 881. The molecule has 1 N–H and O–H groups in total. The average molecular weight is 391 g/mol. The van der Waals surface area contributed by atoms with Crippen molar-refractivity contribution in [2.75, 3.05) is 29.0 Å². The number of sulfonamides is 1. The van der Waals surface area contributed by atoms with Crippen LogP contribution in [0.5, 0.6) is 5.75 Å². The summed E-state index contributed by atoms with van der Waals surface area (Å²) in [5, 5.41) is 2.82. The van der Waals surface area contributed by atoms with Crippen LogP contribution in [0.3, 0.4) is 0 Å². The molecule has 0 atom stereocenters. The third-order valence-corrected chi connectivity index (χ3v) is 5.11. The molecule has 0 aliphatic rings. The smallest absolute Gasteiger partial charge is 0.232 e. The molecule has 2 rings (SSSR count). The van der Waals surface area contributed by atoms with E-state index in [-0.39, 0.29) is 18.9 Å². The highest BCUT2D eigenvalue weighted by Gasteiger charge is 2.18. The maximum Gasteiger partial charge on any atom is 0.232 e. The first-order valence-electron chi connectivity index (χ1n) is 8.87. The van der Waals surface area contributed by atoms with Gasteiger partial charge in [-0.05, 0) is 50.1 Å². The average Bonchev–Trinajstić information content (AvgIpc) is 2.59. The first kappa shape index (κ1) is 20.8. The van der Waals surface area contributed by atoms with Gasteiger partial charge in [-0.3, -0.25) is 9.10 Å². The predicted molar refractivity (Wildman–Crippen MR) is 109 cm³/mol. The van der Waals surface area contributed by atoms with Gasteiger partial charge in [-0.25, -0.2) is 8.42 Å². The van der Waals surface area contributed by atoms with E-state index in [1.165, 1.54) is 10.6 Å². The second-order valence-electron chi connectivity index (χ2n) is 6.26. The van der Waals surface area contributed by atoms with Gasteiger partial charge in [-0.2, -0.15) is 0 Å².